The van der Waals surface area contributed by atoms with E-state index in [0.717, 1.165) is 27.3 Å². The molecule has 0 spiro atoms. The molecule has 1 aliphatic rings. The molecule has 0 aromatic heterocycles. The smallest absolute Gasteiger partial charge is 0.253 e. The van der Waals surface area contributed by atoms with Gasteiger partial charge >= 0.3 is 0 Å². The predicted octanol–water partition coefficient (Wildman–Crippen LogP) is 1.99. The van der Waals surface area contributed by atoms with Crippen LogP contribution < -0.4 is 15.9 Å². The van der Waals surface area contributed by atoms with Crippen LogP contribution in [0.3, 0.4) is 0 Å². The first-order chi connectivity index (χ1) is 12.0. The van der Waals surface area contributed by atoms with Gasteiger partial charge in [0.1, 0.15) is 0 Å². The van der Waals surface area contributed by atoms with Gasteiger partial charge in [0.05, 0.1) is 11.3 Å². The summed E-state index contributed by atoms with van der Waals surface area (Å²) in [5, 5.41) is 4.71. The number of nitrogens with one attached hydrogen (secondary N) is 1. The van der Waals surface area contributed by atoms with Crippen molar-refractivity contribution in [2.45, 2.75) is 27.2 Å². The first kappa shape index (κ1) is 17.1. The van der Waals surface area contributed by atoms with Crippen molar-refractivity contribution >= 4 is 17.9 Å². The molecule has 128 valence electrons. The first-order valence-corrected chi connectivity index (χ1v) is 8.51. The number of nitrogens with zero attached hydrogens (tertiary/aromatic N) is 1. The first-order valence-electron chi connectivity index (χ1n) is 8.51. The van der Waals surface area contributed by atoms with Crippen molar-refractivity contribution in [3.63, 3.8) is 0 Å². The van der Waals surface area contributed by atoms with E-state index in [9.17, 15) is 9.59 Å². The van der Waals surface area contributed by atoms with Crippen LogP contribution in [0.2, 0.25) is 0 Å². The lowest BCUT2D eigenvalue weighted by Crippen LogP contribution is -2.38. The minimum Gasteiger partial charge on any atom is -0.352 e. The van der Waals surface area contributed by atoms with E-state index in [2.05, 4.69) is 10.3 Å². The zero-order valence-electron chi connectivity index (χ0n) is 14.8. The molecule has 2 aromatic carbocycles. The van der Waals surface area contributed by atoms with Crippen molar-refractivity contribution in [2.75, 3.05) is 6.54 Å². The van der Waals surface area contributed by atoms with Crippen LogP contribution in [-0.2, 0) is 4.79 Å². The summed E-state index contributed by atoms with van der Waals surface area (Å²) < 4.78 is 0. The lowest BCUT2D eigenvalue weighted by atomic mass is 9.97. The molecule has 0 fully saturated rings. The highest BCUT2D eigenvalue weighted by atomic mass is 16.2. The molecule has 1 atom stereocenters. The molecule has 2 aromatic rings. The number of benzene rings is 2. The molecule has 0 saturated heterocycles. The van der Waals surface area contributed by atoms with Crippen molar-refractivity contribution in [3.05, 3.63) is 69.2 Å². The number of amides is 2. The molecule has 3 rings (SSSR count). The number of carbonyl (C=O) groups is 2. The summed E-state index contributed by atoms with van der Waals surface area (Å²) in [6, 6.07) is 11.5. The van der Waals surface area contributed by atoms with E-state index in [-0.39, 0.29) is 17.7 Å². The van der Waals surface area contributed by atoms with Gasteiger partial charge in [-0.05, 0) is 50.5 Å². The quantitative estimate of drug-likeness (QED) is 0.929. The van der Waals surface area contributed by atoms with E-state index in [1.165, 1.54) is 0 Å². The minimum atomic E-state index is -0.286. The second kappa shape index (κ2) is 7.01. The van der Waals surface area contributed by atoms with E-state index in [1.807, 2.05) is 57.2 Å². The number of aryl methyl sites for hydroxylation is 3. The van der Waals surface area contributed by atoms with Crippen molar-refractivity contribution in [3.8, 4) is 0 Å². The van der Waals surface area contributed by atoms with Gasteiger partial charge in [-0.3, -0.25) is 9.59 Å². The Balaban J connectivity index is 1.70. The third-order valence-electron chi connectivity index (χ3n) is 4.57. The second-order valence-electron chi connectivity index (χ2n) is 6.60. The Labute approximate surface area is 147 Å². The van der Waals surface area contributed by atoms with Crippen molar-refractivity contribution in [2.24, 2.45) is 10.9 Å². The van der Waals surface area contributed by atoms with Crippen LogP contribution >= 0.6 is 0 Å². The number of hydrogen-bond acceptors (Lipinski definition) is 2. The normalized spacial score (nSPS) is 15.8. The zero-order valence-corrected chi connectivity index (χ0v) is 14.8. The topological polar surface area (TPSA) is 58.5 Å². The van der Waals surface area contributed by atoms with Crippen LogP contribution in [0.5, 0.6) is 0 Å². The minimum absolute atomic E-state index is 0.115. The Morgan fingerprint density at radius 3 is 2.64 bits per heavy atom. The molecular formula is C21H22N2O2. The lowest BCUT2D eigenvalue weighted by molar-refractivity contribution is -0.120. The van der Waals surface area contributed by atoms with Crippen LogP contribution in [0.25, 0.3) is 6.08 Å². The SMILES string of the molecule is Cc1cccc(C(=O)NCCC2C=c3c(C)ccc(C)c3=NC2=O)c1. The summed E-state index contributed by atoms with van der Waals surface area (Å²) in [4.78, 5) is 28.8. The van der Waals surface area contributed by atoms with Gasteiger partial charge in [-0.15, -0.1) is 0 Å². The van der Waals surface area contributed by atoms with E-state index in [4.69, 9.17) is 0 Å². The summed E-state index contributed by atoms with van der Waals surface area (Å²) in [6.07, 6.45) is 2.54. The van der Waals surface area contributed by atoms with Gasteiger partial charge in [-0.25, -0.2) is 4.99 Å². The van der Waals surface area contributed by atoms with Crippen molar-refractivity contribution in [1.82, 2.24) is 5.32 Å². The maximum atomic E-state index is 12.3. The molecule has 4 heteroatoms. The molecule has 1 unspecified atom stereocenters. The van der Waals surface area contributed by atoms with Crippen LogP contribution in [0.4, 0.5) is 0 Å². The summed E-state index contributed by atoms with van der Waals surface area (Å²) in [5.74, 6) is -0.534. The van der Waals surface area contributed by atoms with Gasteiger partial charge in [-0.2, -0.15) is 0 Å². The summed E-state index contributed by atoms with van der Waals surface area (Å²) in [6.45, 7) is 6.38. The summed E-state index contributed by atoms with van der Waals surface area (Å²) in [5.41, 5.74) is 3.81. The molecule has 2 amide bonds. The van der Waals surface area contributed by atoms with Crippen LogP contribution in [0.15, 0.2) is 41.4 Å². The Hall–Kier alpha value is -2.75. The Morgan fingerprint density at radius 1 is 1.12 bits per heavy atom. The molecular weight excluding hydrogens is 312 g/mol. The van der Waals surface area contributed by atoms with Gasteiger partial charge in [0.15, 0.2) is 0 Å². The van der Waals surface area contributed by atoms with Crippen LogP contribution in [-0.4, -0.2) is 18.4 Å². The molecule has 0 saturated carbocycles. The maximum Gasteiger partial charge on any atom is 0.253 e. The second-order valence-corrected chi connectivity index (χ2v) is 6.60. The van der Waals surface area contributed by atoms with Gasteiger partial charge in [-0.1, -0.05) is 35.9 Å². The summed E-state index contributed by atoms with van der Waals surface area (Å²) in [7, 11) is 0. The van der Waals surface area contributed by atoms with Crippen LogP contribution in [0.1, 0.15) is 33.5 Å². The molecule has 4 nitrogen and oxygen atoms in total. The van der Waals surface area contributed by atoms with E-state index < -0.39 is 0 Å². The molecule has 0 aliphatic carbocycles. The Kier molecular flexibility index (Phi) is 4.79. The fraction of sp³-hybridized carbons (Fsp3) is 0.286. The molecule has 1 aliphatic heterocycles. The average Bonchev–Trinajstić information content (AvgIpc) is 2.59. The van der Waals surface area contributed by atoms with E-state index in [0.29, 0.717) is 18.5 Å². The third-order valence-corrected chi connectivity index (χ3v) is 4.57. The Morgan fingerprint density at radius 2 is 1.88 bits per heavy atom. The molecule has 1 heterocycles. The fourth-order valence-electron chi connectivity index (χ4n) is 3.08. The number of rotatable bonds is 4. The fourth-order valence-corrected chi connectivity index (χ4v) is 3.08. The van der Waals surface area contributed by atoms with Crippen molar-refractivity contribution in [1.29, 1.82) is 0 Å². The molecule has 25 heavy (non-hydrogen) atoms. The Bertz CT molecular complexity index is 960. The number of carbonyl (C=O) groups excluding carboxylic acids is 2. The monoisotopic (exact) mass is 334 g/mol. The summed E-state index contributed by atoms with van der Waals surface area (Å²) >= 11 is 0. The third kappa shape index (κ3) is 3.68. The predicted molar refractivity (Wildman–Crippen MR) is 97.8 cm³/mol. The van der Waals surface area contributed by atoms with Gasteiger partial charge in [0.2, 0.25) is 0 Å². The highest BCUT2D eigenvalue weighted by Crippen LogP contribution is 2.10. The van der Waals surface area contributed by atoms with Gasteiger partial charge in [0, 0.05) is 17.3 Å². The number of fused-ring (bicyclic) bond motifs is 1. The zero-order chi connectivity index (χ0) is 18.0. The molecule has 0 radical (unpaired) electrons. The van der Waals surface area contributed by atoms with Gasteiger partial charge in [0.25, 0.3) is 11.8 Å². The highest BCUT2D eigenvalue weighted by Gasteiger charge is 2.19. The number of hydrogen-bond donors (Lipinski definition) is 1. The maximum absolute atomic E-state index is 12.3. The van der Waals surface area contributed by atoms with Crippen molar-refractivity contribution < 1.29 is 9.59 Å². The average molecular weight is 334 g/mol. The van der Waals surface area contributed by atoms with Gasteiger partial charge < -0.3 is 5.32 Å². The molecule has 0 bridgehead atoms. The standard InChI is InChI=1S/C21H22N2O2/c1-13-5-4-6-16(11-13)20(24)22-10-9-17-12-18-14(2)7-8-15(3)19(18)23-21(17)25/h4-8,11-12,17H,9-10H2,1-3H3,(H,22,24). The van der Waals surface area contributed by atoms with E-state index >= 15 is 0 Å². The van der Waals surface area contributed by atoms with E-state index in [1.54, 1.807) is 6.07 Å². The molecule has 1 N–H and O–H groups in total. The lowest BCUT2D eigenvalue weighted by Gasteiger charge is -2.14. The largest absolute Gasteiger partial charge is 0.352 e. The highest BCUT2D eigenvalue weighted by molar-refractivity contribution is 5.94. The van der Waals surface area contributed by atoms with Crippen LogP contribution in [0, 0.1) is 26.7 Å².